The van der Waals surface area contributed by atoms with E-state index in [0.717, 1.165) is 18.8 Å². The van der Waals surface area contributed by atoms with Gasteiger partial charge in [0.25, 0.3) is 0 Å². The molecule has 1 atom stereocenters. The molecule has 0 aliphatic heterocycles. The highest BCUT2D eigenvalue weighted by Gasteiger charge is 2.08. The highest BCUT2D eigenvalue weighted by atomic mass is 79.9. The Morgan fingerprint density at radius 2 is 1.87 bits per heavy atom. The van der Waals surface area contributed by atoms with Crippen molar-refractivity contribution < 1.29 is 24.7 Å². The summed E-state index contributed by atoms with van der Waals surface area (Å²) in [5.41, 5.74) is 1.40. The summed E-state index contributed by atoms with van der Waals surface area (Å²) in [6.45, 7) is 5.80. The number of alkyl halides is 1. The van der Waals surface area contributed by atoms with Gasteiger partial charge in [-0.2, -0.15) is 0 Å². The van der Waals surface area contributed by atoms with E-state index in [2.05, 4.69) is 47.1 Å². The van der Waals surface area contributed by atoms with Gasteiger partial charge in [-0.05, 0) is 32.3 Å². The summed E-state index contributed by atoms with van der Waals surface area (Å²) in [7, 11) is 0. The summed E-state index contributed by atoms with van der Waals surface area (Å²) in [4.78, 5) is 19.7. The largest absolute Gasteiger partial charge is 0.539 e. The Morgan fingerprint density at radius 3 is 2.35 bits per heavy atom. The maximum absolute atomic E-state index is 9.04. The Morgan fingerprint density at radius 1 is 1.26 bits per heavy atom. The molecule has 0 aromatic heterocycles. The van der Waals surface area contributed by atoms with Crippen LogP contribution in [-0.2, 0) is 16.1 Å². The summed E-state index contributed by atoms with van der Waals surface area (Å²) in [6.07, 6.45) is 3.68. The summed E-state index contributed by atoms with van der Waals surface area (Å²) >= 11 is 9.30. The van der Waals surface area contributed by atoms with E-state index in [0.29, 0.717) is 0 Å². The second-order valence-corrected chi connectivity index (χ2v) is 6.20. The van der Waals surface area contributed by atoms with Gasteiger partial charge in [0.15, 0.2) is 5.97 Å². The summed E-state index contributed by atoms with van der Waals surface area (Å²) in [6, 6.07) is 8.51. The number of rotatable bonds is 8. The maximum atomic E-state index is 9.04. The van der Waals surface area contributed by atoms with Crippen molar-refractivity contribution in [3.8, 4) is 0 Å². The molecule has 0 amide bonds. The molecular formula is C16H23BrClNO4. The number of carbonyl (C=O) groups is 2. The van der Waals surface area contributed by atoms with Crippen molar-refractivity contribution >= 4 is 39.5 Å². The zero-order chi connectivity index (χ0) is 17.7. The van der Waals surface area contributed by atoms with E-state index >= 15 is 0 Å². The van der Waals surface area contributed by atoms with Crippen LogP contribution in [0.2, 0.25) is 0 Å². The van der Waals surface area contributed by atoms with E-state index in [4.69, 9.17) is 31.4 Å². The molecule has 1 unspecified atom stereocenters. The molecule has 0 radical (unpaired) electrons. The Labute approximate surface area is 150 Å². The molecule has 1 aromatic carbocycles. The SMILES string of the molecule is CC[NH+](CCCCCCl)Cc1ccccc1Br.O=C([O-])C(=O)O. The molecule has 7 heteroatoms. The molecule has 0 aliphatic rings. The number of carbonyl (C=O) groups excluding carboxylic acids is 1. The molecule has 1 aromatic rings. The van der Waals surface area contributed by atoms with Crippen molar-refractivity contribution in [1.29, 1.82) is 0 Å². The lowest BCUT2D eigenvalue weighted by molar-refractivity contribution is -0.912. The third kappa shape index (κ3) is 11.1. The molecule has 0 saturated heterocycles. The standard InChI is InChI=1S/C14H21BrClN.C2H2O4/c1-2-17(11-7-3-6-10-16)12-13-8-4-5-9-14(13)15;3-1(4)2(5)6/h4-5,8-9H,2-3,6-7,10-12H2,1H3;(H,3,4)(H,5,6). The Hall–Kier alpha value is -1.11. The number of benzene rings is 1. The van der Waals surface area contributed by atoms with Crippen LogP contribution in [0, 0.1) is 0 Å². The minimum atomic E-state index is -2.07. The summed E-state index contributed by atoms with van der Waals surface area (Å²) in [5, 5.41) is 16.3. The normalized spacial score (nSPS) is 11.3. The van der Waals surface area contributed by atoms with E-state index in [1.165, 1.54) is 36.0 Å². The Kier molecular flexibility index (Phi) is 12.7. The molecule has 2 N–H and O–H groups in total. The maximum Gasteiger partial charge on any atom is 0.351 e. The molecule has 0 fully saturated rings. The zero-order valence-corrected chi connectivity index (χ0v) is 15.5. The first-order chi connectivity index (χ1) is 10.9. The fourth-order valence-corrected chi connectivity index (χ4v) is 2.56. The lowest BCUT2D eigenvalue weighted by Gasteiger charge is -2.18. The molecule has 0 saturated carbocycles. The van der Waals surface area contributed by atoms with Crippen LogP contribution in [0.5, 0.6) is 0 Å². The predicted octanol–water partition coefficient (Wildman–Crippen LogP) is 1.08. The van der Waals surface area contributed by atoms with Gasteiger partial charge in [0.05, 0.1) is 13.1 Å². The van der Waals surface area contributed by atoms with Crippen LogP contribution < -0.4 is 10.0 Å². The summed E-state index contributed by atoms with van der Waals surface area (Å²) in [5.74, 6) is -3.21. The van der Waals surface area contributed by atoms with Gasteiger partial charge in [0, 0.05) is 15.9 Å². The molecular weight excluding hydrogens is 386 g/mol. The van der Waals surface area contributed by atoms with Gasteiger partial charge in [-0.3, -0.25) is 0 Å². The number of hydrogen-bond donors (Lipinski definition) is 2. The minimum absolute atomic E-state index is 0.797. The molecule has 0 heterocycles. The predicted molar refractivity (Wildman–Crippen MR) is 91.4 cm³/mol. The lowest BCUT2D eigenvalue weighted by Crippen LogP contribution is -3.10. The van der Waals surface area contributed by atoms with Gasteiger partial charge in [-0.25, -0.2) is 4.79 Å². The van der Waals surface area contributed by atoms with E-state index in [9.17, 15) is 0 Å². The monoisotopic (exact) mass is 407 g/mol. The van der Waals surface area contributed by atoms with Crippen LogP contribution in [0.4, 0.5) is 0 Å². The third-order valence-corrected chi connectivity index (χ3v) is 4.28. The van der Waals surface area contributed by atoms with Gasteiger partial charge in [0.1, 0.15) is 6.54 Å². The number of carboxylic acids is 2. The van der Waals surface area contributed by atoms with Gasteiger partial charge < -0.3 is 19.9 Å². The van der Waals surface area contributed by atoms with Crippen molar-refractivity contribution in [2.45, 2.75) is 32.7 Å². The lowest BCUT2D eigenvalue weighted by atomic mass is 10.2. The number of quaternary nitrogens is 1. The number of aliphatic carboxylic acids is 2. The van der Waals surface area contributed by atoms with Crippen molar-refractivity contribution in [3.05, 3.63) is 34.3 Å². The highest BCUT2D eigenvalue weighted by molar-refractivity contribution is 9.10. The second kappa shape index (κ2) is 13.3. The van der Waals surface area contributed by atoms with E-state index in [1.54, 1.807) is 4.90 Å². The van der Waals surface area contributed by atoms with Gasteiger partial charge in [-0.15, -0.1) is 11.6 Å². The van der Waals surface area contributed by atoms with Crippen LogP contribution in [0.15, 0.2) is 28.7 Å². The van der Waals surface area contributed by atoms with Crippen LogP contribution in [0.1, 0.15) is 31.7 Å². The molecule has 23 heavy (non-hydrogen) atoms. The van der Waals surface area contributed by atoms with E-state index in [1.807, 2.05) is 0 Å². The first-order valence-electron chi connectivity index (χ1n) is 7.49. The number of halogens is 2. The van der Waals surface area contributed by atoms with Gasteiger partial charge in [0.2, 0.25) is 0 Å². The number of hydrogen-bond acceptors (Lipinski definition) is 3. The van der Waals surface area contributed by atoms with Crippen molar-refractivity contribution in [2.75, 3.05) is 19.0 Å². The van der Waals surface area contributed by atoms with Gasteiger partial charge >= 0.3 is 5.97 Å². The van der Waals surface area contributed by atoms with E-state index < -0.39 is 11.9 Å². The van der Waals surface area contributed by atoms with Crippen LogP contribution >= 0.6 is 27.5 Å². The smallest absolute Gasteiger partial charge is 0.351 e. The molecule has 0 aliphatic carbocycles. The quantitative estimate of drug-likeness (QED) is 0.383. The minimum Gasteiger partial charge on any atom is -0.539 e. The van der Waals surface area contributed by atoms with E-state index in [-0.39, 0.29) is 0 Å². The van der Waals surface area contributed by atoms with Crippen molar-refractivity contribution in [1.82, 2.24) is 0 Å². The van der Waals surface area contributed by atoms with Crippen molar-refractivity contribution in [2.24, 2.45) is 0 Å². The number of nitrogens with one attached hydrogen (secondary N) is 1. The first kappa shape index (κ1) is 21.9. The van der Waals surface area contributed by atoms with Gasteiger partial charge in [-0.1, -0.05) is 34.1 Å². The molecule has 0 spiro atoms. The van der Waals surface area contributed by atoms with Crippen LogP contribution in [-0.4, -0.2) is 36.0 Å². The number of carboxylic acid groups (broad SMARTS) is 2. The average Bonchev–Trinajstić information content (AvgIpc) is 2.52. The van der Waals surface area contributed by atoms with Crippen molar-refractivity contribution in [3.63, 3.8) is 0 Å². The summed E-state index contributed by atoms with van der Waals surface area (Å²) < 4.78 is 1.23. The Balaban J connectivity index is 0.000000688. The zero-order valence-electron chi connectivity index (χ0n) is 13.2. The van der Waals surface area contributed by atoms with Crippen LogP contribution in [0.3, 0.4) is 0 Å². The Bertz CT molecular complexity index is 473. The molecule has 0 bridgehead atoms. The fraction of sp³-hybridized carbons (Fsp3) is 0.500. The highest BCUT2D eigenvalue weighted by Crippen LogP contribution is 2.14. The first-order valence-corrected chi connectivity index (χ1v) is 8.82. The average molecular weight is 409 g/mol. The molecule has 130 valence electrons. The third-order valence-electron chi connectivity index (χ3n) is 3.24. The number of unbranched alkanes of at least 4 members (excludes halogenated alkanes) is 2. The molecule has 5 nitrogen and oxygen atoms in total. The second-order valence-electron chi connectivity index (χ2n) is 4.96. The topological polar surface area (TPSA) is 81.9 Å². The fourth-order valence-electron chi connectivity index (χ4n) is 1.95. The van der Waals surface area contributed by atoms with Crippen LogP contribution in [0.25, 0.3) is 0 Å². The molecule has 1 rings (SSSR count).